The molecule has 3 heterocycles. The van der Waals surface area contributed by atoms with Crippen LogP contribution in [0.15, 0.2) is 77.9 Å². The van der Waals surface area contributed by atoms with Crippen molar-refractivity contribution in [2.24, 2.45) is 0 Å². The second kappa shape index (κ2) is 10.2. The van der Waals surface area contributed by atoms with Gasteiger partial charge in [0.1, 0.15) is 12.4 Å². The van der Waals surface area contributed by atoms with Gasteiger partial charge in [0.25, 0.3) is 5.56 Å². The van der Waals surface area contributed by atoms with E-state index in [1.165, 1.54) is 6.07 Å². The first-order valence-electron chi connectivity index (χ1n) is 10.9. The summed E-state index contributed by atoms with van der Waals surface area (Å²) in [5, 5.41) is 15.2. The zero-order valence-electron chi connectivity index (χ0n) is 18.2. The van der Waals surface area contributed by atoms with Crippen LogP contribution in [0.2, 0.25) is 0 Å². The highest BCUT2D eigenvalue weighted by molar-refractivity contribution is 5.85. The van der Waals surface area contributed by atoms with Gasteiger partial charge in [0, 0.05) is 43.0 Å². The highest BCUT2D eigenvalue weighted by Crippen LogP contribution is 2.19. The first-order chi connectivity index (χ1) is 15.7. The molecule has 2 aromatic heterocycles. The molecule has 0 aliphatic carbocycles. The lowest BCUT2D eigenvalue weighted by Gasteiger charge is -2.15. The Balaban J connectivity index is 0.00000259. The van der Waals surface area contributed by atoms with Gasteiger partial charge >= 0.3 is 0 Å². The lowest BCUT2D eigenvalue weighted by molar-refractivity contribution is 0.175. The SMILES string of the molecule is Cl.O=c1cc(OCc2ccccc2)ccn1-c1ccc2c(cnn2CCN2CCC(O)C2)c1. The molecule has 4 aromatic rings. The van der Waals surface area contributed by atoms with Crippen LogP contribution in [0.3, 0.4) is 0 Å². The largest absolute Gasteiger partial charge is 0.489 e. The Labute approximate surface area is 198 Å². The number of benzene rings is 2. The zero-order chi connectivity index (χ0) is 21.9. The summed E-state index contributed by atoms with van der Waals surface area (Å²) in [6.07, 6.45) is 4.21. The molecule has 1 aliphatic heterocycles. The van der Waals surface area contributed by atoms with E-state index in [-0.39, 0.29) is 24.1 Å². The van der Waals surface area contributed by atoms with Crippen LogP contribution in [-0.4, -0.2) is 50.1 Å². The van der Waals surface area contributed by atoms with Crippen LogP contribution >= 0.6 is 12.4 Å². The van der Waals surface area contributed by atoms with Crippen molar-refractivity contribution >= 4 is 23.3 Å². The number of likely N-dealkylation sites (tertiary alicyclic amines) is 1. The van der Waals surface area contributed by atoms with Crippen LogP contribution < -0.4 is 10.3 Å². The van der Waals surface area contributed by atoms with Crippen molar-refractivity contribution in [2.75, 3.05) is 19.6 Å². The van der Waals surface area contributed by atoms with E-state index in [1.807, 2.05) is 65.5 Å². The maximum Gasteiger partial charge on any atom is 0.258 e. The van der Waals surface area contributed by atoms with Crippen molar-refractivity contribution in [3.05, 3.63) is 89.0 Å². The van der Waals surface area contributed by atoms with Crippen LogP contribution in [-0.2, 0) is 13.2 Å². The van der Waals surface area contributed by atoms with Crippen LogP contribution in [0.5, 0.6) is 5.75 Å². The van der Waals surface area contributed by atoms with Crippen molar-refractivity contribution in [1.29, 1.82) is 0 Å². The lowest BCUT2D eigenvalue weighted by atomic mass is 10.2. The van der Waals surface area contributed by atoms with Gasteiger partial charge in [0.05, 0.1) is 24.4 Å². The van der Waals surface area contributed by atoms with E-state index >= 15 is 0 Å². The molecule has 0 radical (unpaired) electrons. The third-order valence-corrected chi connectivity index (χ3v) is 5.92. The minimum Gasteiger partial charge on any atom is -0.489 e. The van der Waals surface area contributed by atoms with Crippen LogP contribution in [0.4, 0.5) is 0 Å². The van der Waals surface area contributed by atoms with Crippen LogP contribution in [0, 0.1) is 0 Å². The summed E-state index contributed by atoms with van der Waals surface area (Å²) in [4.78, 5) is 15.0. The Morgan fingerprint density at radius 3 is 2.67 bits per heavy atom. The zero-order valence-corrected chi connectivity index (χ0v) is 19.0. The van der Waals surface area contributed by atoms with Crippen molar-refractivity contribution in [3.63, 3.8) is 0 Å². The molecule has 0 bridgehead atoms. The number of hydrogen-bond donors (Lipinski definition) is 1. The molecule has 5 rings (SSSR count). The summed E-state index contributed by atoms with van der Waals surface area (Å²) >= 11 is 0. The Kier molecular flexibility index (Phi) is 7.13. The summed E-state index contributed by atoms with van der Waals surface area (Å²) in [5.41, 5.74) is 2.73. The molecule has 33 heavy (non-hydrogen) atoms. The van der Waals surface area contributed by atoms with Gasteiger partial charge in [-0.1, -0.05) is 30.3 Å². The number of β-amino-alcohol motifs (C(OH)–C–C–N with tert-alkyl or cyclic N) is 1. The quantitative estimate of drug-likeness (QED) is 0.452. The van der Waals surface area contributed by atoms with E-state index in [0.717, 1.165) is 54.8 Å². The summed E-state index contributed by atoms with van der Waals surface area (Å²) in [6, 6.07) is 19.1. The fraction of sp³-hybridized carbons (Fsp3) is 0.280. The van der Waals surface area contributed by atoms with Gasteiger partial charge in [0.2, 0.25) is 0 Å². The number of nitrogens with zero attached hydrogens (tertiary/aromatic N) is 4. The number of aromatic nitrogens is 3. The summed E-state index contributed by atoms with van der Waals surface area (Å²) in [6.45, 7) is 3.71. The van der Waals surface area contributed by atoms with Gasteiger partial charge in [-0.15, -0.1) is 12.4 Å². The van der Waals surface area contributed by atoms with Crippen molar-refractivity contribution in [1.82, 2.24) is 19.2 Å². The average molecular weight is 467 g/mol. The molecule has 8 heteroatoms. The summed E-state index contributed by atoms with van der Waals surface area (Å²) in [7, 11) is 0. The number of rotatable bonds is 7. The molecule has 1 atom stereocenters. The van der Waals surface area contributed by atoms with Gasteiger partial charge in [0.15, 0.2) is 0 Å². The third-order valence-electron chi connectivity index (χ3n) is 5.92. The smallest absolute Gasteiger partial charge is 0.258 e. The first-order valence-corrected chi connectivity index (χ1v) is 10.9. The maximum atomic E-state index is 12.7. The molecule has 172 valence electrons. The molecule has 0 spiro atoms. The fourth-order valence-electron chi connectivity index (χ4n) is 4.16. The predicted molar refractivity (Wildman–Crippen MR) is 130 cm³/mol. The van der Waals surface area contributed by atoms with Gasteiger partial charge in [-0.2, -0.15) is 5.10 Å². The van der Waals surface area contributed by atoms with E-state index in [4.69, 9.17) is 4.74 Å². The number of fused-ring (bicyclic) bond motifs is 1. The molecule has 7 nitrogen and oxygen atoms in total. The molecule has 1 fully saturated rings. The first kappa shape index (κ1) is 23.0. The van der Waals surface area contributed by atoms with Gasteiger partial charge in [-0.3, -0.25) is 18.9 Å². The molecule has 0 amide bonds. The molecule has 1 unspecified atom stereocenters. The summed E-state index contributed by atoms with van der Waals surface area (Å²) < 4.78 is 9.35. The monoisotopic (exact) mass is 466 g/mol. The molecule has 1 aliphatic rings. The number of ether oxygens (including phenoxy) is 1. The minimum absolute atomic E-state index is 0. The predicted octanol–water partition coefficient (Wildman–Crippen LogP) is 3.25. The standard InChI is InChI=1S/C25H26N4O3.ClH/c30-22-8-10-27(17-22)12-13-29-24-7-6-21(14-20(24)16-26-29)28-11-9-23(15-25(28)31)32-18-19-4-2-1-3-5-19;/h1-7,9,11,14-16,22,30H,8,10,12-13,17-18H2;1H. The van der Waals surface area contributed by atoms with E-state index in [9.17, 15) is 9.90 Å². The molecule has 1 N–H and O–H groups in total. The fourth-order valence-corrected chi connectivity index (χ4v) is 4.16. The lowest BCUT2D eigenvalue weighted by Crippen LogP contribution is -2.26. The van der Waals surface area contributed by atoms with Crippen molar-refractivity contribution < 1.29 is 9.84 Å². The number of aliphatic hydroxyl groups excluding tert-OH is 1. The third kappa shape index (κ3) is 5.27. The second-order valence-electron chi connectivity index (χ2n) is 8.20. The normalized spacial score (nSPS) is 16.1. The molecule has 1 saturated heterocycles. The van der Waals surface area contributed by atoms with E-state index < -0.39 is 0 Å². The number of aliphatic hydroxyl groups is 1. The number of halogens is 1. The molecular formula is C25H27ClN4O3. The molecule has 0 saturated carbocycles. The second-order valence-corrected chi connectivity index (χ2v) is 8.20. The van der Waals surface area contributed by atoms with Crippen molar-refractivity contribution in [3.8, 4) is 11.4 Å². The number of pyridine rings is 1. The van der Waals surface area contributed by atoms with Crippen LogP contribution in [0.1, 0.15) is 12.0 Å². The Morgan fingerprint density at radius 1 is 1.06 bits per heavy atom. The number of hydrogen-bond acceptors (Lipinski definition) is 5. The average Bonchev–Trinajstić information content (AvgIpc) is 3.42. The minimum atomic E-state index is -0.208. The van der Waals surface area contributed by atoms with Gasteiger partial charge in [-0.05, 0) is 36.2 Å². The summed E-state index contributed by atoms with van der Waals surface area (Å²) in [5.74, 6) is 0.552. The van der Waals surface area contributed by atoms with Gasteiger partial charge in [-0.25, -0.2) is 0 Å². The highest BCUT2D eigenvalue weighted by Gasteiger charge is 2.19. The Bertz CT molecular complexity index is 1270. The Hall–Kier alpha value is -3.13. The maximum absolute atomic E-state index is 12.7. The van der Waals surface area contributed by atoms with Crippen LogP contribution in [0.25, 0.3) is 16.6 Å². The molecular weight excluding hydrogens is 440 g/mol. The van der Waals surface area contributed by atoms with E-state index in [0.29, 0.717) is 12.4 Å². The van der Waals surface area contributed by atoms with Crippen molar-refractivity contribution in [2.45, 2.75) is 25.7 Å². The molecule has 2 aromatic carbocycles. The van der Waals surface area contributed by atoms with Gasteiger partial charge < -0.3 is 9.84 Å². The van der Waals surface area contributed by atoms with E-state index in [2.05, 4.69) is 10.00 Å². The van der Waals surface area contributed by atoms with E-state index in [1.54, 1.807) is 10.8 Å². The topological polar surface area (TPSA) is 72.5 Å². The Morgan fingerprint density at radius 2 is 1.91 bits per heavy atom. The highest BCUT2D eigenvalue weighted by atomic mass is 35.5.